The van der Waals surface area contributed by atoms with Crippen molar-refractivity contribution in [2.75, 3.05) is 0 Å². The van der Waals surface area contributed by atoms with Crippen LogP contribution in [0.2, 0.25) is 0 Å². The number of nitrogens with zero attached hydrogens (tertiary/aromatic N) is 2. The molecular weight excluding hydrogens is 252 g/mol. The van der Waals surface area contributed by atoms with Crippen molar-refractivity contribution in [1.82, 2.24) is 9.88 Å². The number of aromatic nitrogens is 1. The average Bonchev–Trinajstić information content (AvgIpc) is 2.78. The third kappa shape index (κ3) is 2.42. The van der Waals surface area contributed by atoms with Crippen LogP contribution >= 0.6 is 0 Å². The number of carbonyl (C=O) groups is 1. The summed E-state index contributed by atoms with van der Waals surface area (Å²) < 4.78 is 0. The van der Waals surface area contributed by atoms with Crippen LogP contribution in [-0.2, 0) is 11.3 Å². The normalized spacial score (nSPS) is 22.2. The first-order chi connectivity index (χ1) is 9.75. The summed E-state index contributed by atoms with van der Waals surface area (Å²) >= 11 is 0. The van der Waals surface area contributed by atoms with E-state index in [4.69, 9.17) is 0 Å². The van der Waals surface area contributed by atoms with Crippen molar-refractivity contribution in [1.29, 1.82) is 0 Å². The van der Waals surface area contributed by atoms with Crippen LogP contribution in [0.3, 0.4) is 0 Å². The molecule has 20 heavy (non-hydrogen) atoms. The Morgan fingerprint density at radius 1 is 1.20 bits per heavy atom. The van der Waals surface area contributed by atoms with Gasteiger partial charge in [0.2, 0.25) is 0 Å². The van der Waals surface area contributed by atoms with E-state index < -0.39 is 6.10 Å². The Kier molecular flexibility index (Phi) is 3.48. The van der Waals surface area contributed by atoms with Crippen molar-refractivity contribution in [3.8, 4) is 0 Å². The number of benzene rings is 1. The van der Waals surface area contributed by atoms with Crippen LogP contribution in [0.1, 0.15) is 23.6 Å². The summed E-state index contributed by atoms with van der Waals surface area (Å²) in [6.07, 6.45) is 2.98. The third-order valence-electron chi connectivity index (χ3n) is 3.66. The molecule has 0 radical (unpaired) electrons. The number of likely N-dealkylation sites (tertiary alicyclic amines) is 1. The fourth-order valence-corrected chi connectivity index (χ4v) is 2.64. The number of rotatable bonds is 3. The average molecular weight is 268 g/mol. The molecule has 0 saturated carbocycles. The second kappa shape index (κ2) is 5.43. The van der Waals surface area contributed by atoms with E-state index in [1.165, 1.54) is 0 Å². The Hall–Kier alpha value is -2.20. The summed E-state index contributed by atoms with van der Waals surface area (Å²) in [6.45, 7) is 0.510. The van der Waals surface area contributed by atoms with Gasteiger partial charge in [-0.2, -0.15) is 0 Å². The van der Waals surface area contributed by atoms with Crippen LogP contribution in [-0.4, -0.2) is 27.0 Å². The maximum atomic E-state index is 12.1. The minimum absolute atomic E-state index is 0.105. The lowest BCUT2D eigenvalue weighted by Crippen LogP contribution is -2.30. The van der Waals surface area contributed by atoms with Crippen molar-refractivity contribution in [2.24, 2.45) is 0 Å². The Bertz CT molecular complexity index is 586. The molecule has 0 unspecified atom stereocenters. The lowest BCUT2D eigenvalue weighted by atomic mass is 10.1. The maximum absolute atomic E-state index is 12.1. The van der Waals surface area contributed by atoms with Gasteiger partial charge in [0, 0.05) is 25.4 Å². The smallest absolute Gasteiger partial charge is 0.252 e. The lowest BCUT2D eigenvalue weighted by molar-refractivity contribution is -0.135. The molecule has 0 aliphatic carbocycles. The first-order valence-electron chi connectivity index (χ1n) is 6.68. The van der Waals surface area contributed by atoms with Crippen molar-refractivity contribution in [3.05, 3.63) is 66.0 Å². The number of pyridine rings is 1. The highest BCUT2D eigenvalue weighted by atomic mass is 16.3. The maximum Gasteiger partial charge on any atom is 0.252 e. The molecule has 2 aromatic rings. The zero-order valence-corrected chi connectivity index (χ0v) is 11.0. The molecule has 1 amide bonds. The standard InChI is InChI=1S/C16H16N2O2/c19-15-9-14(13-7-4-8-17-10-13)18(16(15)20)11-12-5-2-1-3-6-12/h1-8,10,14-15,19H,9,11H2/t14-,15-/m1/s1. The monoisotopic (exact) mass is 268 g/mol. The molecule has 2 atom stereocenters. The minimum atomic E-state index is -0.913. The van der Waals surface area contributed by atoms with Crippen molar-refractivity contribution in [3.63, 3.8) is 0 Å². The van der Waals surface area contributed by atoms with Crippen LogP contribution in [0.25, 0.3) is 0 Å². The minimum Gasteiger partial charge on any atom is -0.383 e. The first-order valence-corrected chi connectivity index (χ1v) is 6.68. The van der Waals surface area contributed by atoms with Crippen LogP contribution in [0.5, 0.6) is 0 Å². The SMILES string of the molecule is O=C1[C@H](O)C[C@H](c2cccnc2)N1Cc1ccccc1. The van der Waals surface area contributed by atoms with E-state index in [1.54, 1.807) is 17.3 Å². The summed E-state index contributed by atoms with van der Waals surface area (Å²) in [4.78, 5) is 18.0. The highest BCUT2D eigenvalue weighted by Gasteiger charge is 2.39. The predicted molar refractivity (Wildman–Crippen MR) is 74.6 cm³/mol. The molecule has 1 N–H and O–H groups in total. The molecular formula is C16H16N2O2. The van der Waals surface area contributed by atoms with E-state index in [1.807, 2.05) is 42.5 Å². The molecule has 0 bridgehead atoms. The number of amides is 1. The molecule has 4 nitrogen and oxygen atoms in total. The lowest BCUT2D eigenvalue weighted by Gasteiger charge is -2.24. The van der Waals surface area contributed by atoms with E-state index in [0.29, 0.717) is 13.0 Å². The molecule has 1 aromatic carbocycles. The van der Waals surface area contributed by atoms with Crippen LogP contribution in [0.15, 0.2) is 54.9 Å². The van der Waals surface area contributed by atoms with Gasteiger partial charge in [0.1, 0.15) is 6.10 Å². The van der Waals surface area contributed by atoms with Gasteiger partial charge in [0.25, 0.3) is 5.91 Å². The Morgan fingerprint density at radius 3 is 2.70 bits per heavy atom. The number of hydrogen-bond donors (Lipinski definition) is 1. The first kappa shape index (κ1) is 12.8. The Morgan fingerprint density at radius 2 is 2.00 bits per heavy atom. The number of hydrogen-bond acceptors (Lipinski definition) is 3. The van der Waals surface area contributed by atoms with Gasteiger partial charge in [-0.25, -0.2) is 0 Å². The van der Waals surface area contributed by atoms with E-state index in [9.17, 15) is 9.90 Å². The topological polar surface area (TPSA) is 53.4 Å². The van der Waals surface area contributed by atoms with Crippen LogP contribution in [0.4, 0.5) is 0 Å². The molecule has 1 aliphatic heterocycles. The van der Waals surface area contributed by atoms with Gasteiger partial charge in [-0.3, -0.25) is 9.78 Å². The highest BCUT2D eigenvalue weighted by molar-refractivity contribution is 5.83. The van der Waals surface area contributed by atoms with Crippen molar-refractivity contribution < 1.29 is 9.90 Å². The van der Waals surface area contributed by atoms with Gasteiger partial charge in [0.15, 0.2) is 0 Å². The van der Waals surface area contributed by atoms with Gasteiger partial charge in [-0.05, 0) is 17.2 Å². The largest absolute Gasteiger partial charge is 0.383 e. The van der Waals surface area contributed by atoms with Crippen molar-refractivity contribution in [2.45, 2.75) is 25.1 Å². The molecule has 0 spiro atoms. The number of aliphatic hydroxyl groups excluding tert-OH is 1. The molecule has 3 rings (SSSR count). The molecule has 2 heterocycles. The Balaban J connectivity index is 1.87. The molecule has 1 aliphatic rings. The van der Waals surface area contributed by atoms with Gasteiger partial charge in [-0.15, -0.1) is 0 Å². The quantitative estimate of drug-likeness (QED) is 0.925. The Labute approximate surface area is 117 Å². The third-order valence-corrected chi connectivity index (χ3v) is 3.66. The van der Waals surface area contributed by atoms with Crippen molar-refractivity contribution >= 4 is 5.91 Å². The van der Waals surface area contributed by atoms with E-state index in [0.717, 1.165) is 11.1 Å². The fourth-order valence-electron chi connectivity index (χ4n) is 2.64. The molecule has 1 aromatic heterocycles. The van der Waals surface area contributed by atoms with E-state index >= 15 is 0 Å². The van der Waals surface area contributed by atoms with Gasteiger partial charge < -0.3 is 10.0 Å². The number of carbonyl (C=O) groups excluding carboxylic acids is 1. The summed E-state index contributed by atoms with van der Waals surface area (Å²) in [5.74, 6) is -0.206. The number of aliphatic hydroxyl groups is 1. The second-order valence-corrected chi connectivity index (χ2v) is 5.01. The van der Waals surface area contributed by atoms with E-state index in [-0.39, 0.29) is 11.9 Å². The second-order valence-electron chi connectivity index (χ2n) is 5.01. The molecule has 4 heteroatoms. The summed E-state index contributed by atoms with van der Waals surface area (Å²) in [5, 5.41) is 9.87. The molecule has 1 saturated heterocycles. The van der Waals surface area contributed by atoms with Gasteiger partial charge in [0.05, 0.1) is 6.04 Å². The molecule has 102 valence electrons. The fraction of sp³-hybridized carbons (Fsp3) is 0.250. The summed E-state index contributed by atoms with van der Waals surface area (Å²) in [7, 11) is 0. The van der Waals surface area contributed by atoms with Crippen LogP contribution in [0, 0.1) is 0 Å². The van der Waals surface area contributed by atoms with Gasteiger partial charge >= 0.3 is 0 Å². The zero-order valence-electron chi connectivity index (χ0n) is 11.0. The summed E-state index contributed by atoms with van der Waals surface area (Å²) in [5.41, 5.74) is 2.03. The zero-order chi connectivity index (χ0) is 13.9. The summed E-state index contributed by atoms with van der Waals surface area (Å²) in [6, 6.07) is 13.5. The van der Waals surface area contributed by atoms with Crippen LogP contribution < -0.4 is 0 Å². The van der Waals surface area contributed by atoms with Gasteiger partial charge in [-0.1, -0.05) is 36.4 Å². The predicted octanol–water partition coefficient (Wildman–Crippen LogP) is 1.92. The highest BCUT2D eigenvalue weighted by Crippen LogP contribution is 2.33. The molecule has 1 fully saturated rings. The van der Waals surface area contributed by atoms with E-state index in [2.05, 4.69) is 4.98 Å².